The Bertz CT molecular complexity index is 665. The van der Waals surface area contributed by atoms with E-state index in [0.717, 1.165) is 58.1 Å². The number of methoxy groups -OCH3 is 1. The van der Waals surface area contributed by atoms with Crippen molar-refractivity contribution < 1.29 is 14.3 Å². The van der Waals surface area contributed by atoms with E-state index in [-0.39, 0.29) is 11.3 Å². The highest BCUT2D eigenvalue weighted by molar-refractivity contribution is 5.84. The Hall–Kier alpha value is -1.63. The number of likely N-dealkylation sites (tertiary alicyclic amines) is 1. The first-order chi connectivity index (χ1) is 13.7. The molecule has 1 aliphatic carbocycles. The molecule has 2 heterocycles. The van der Waals surface area contributed by atoms with Crippen LogP contribution in [0.15, 0.2) is 24.3 Å². The van der Waals surface area contributed by atoms with Gasteiger partial charge < -0.3 is 14.8 Å². The van der Waals surface area contributed by atoms with Crippen LogP contribution in [-0.2, 0) is 16.0 Å². The van der Waals surface area contributed by atoms with E-state index in [2.05, 4.69) is 27.2 Å². The third kappa shape index (κ3) is 4.34. The zero-order chi connectivity index (χ0) is 19.4. The van der Waals surface area contributed by atoms with Crippen LogP contribution < -0.4 is 10.1 Å². The van der Waals surface area contributed by atoms with Gasteiger partial charge in [-0.2, -0.15) is 0 Å². The van der Waals surface area contributed by atoms with Crippen molar-refractivity contribution in [3.8, 4) is 5.75 Å². The number of nitrogens with one attached hydrogen (secondary N) is 1. The molecule has 154 valence electrons. The summed E-state index contributed by atoms with van der Waals surface area (Å²) in [6, 6.07) is 8.84. The van der Waals surface area contributed by atoms with Crippen LogP contribution in [0.2, 0.25) is 0 Å². The van der Waals surface area contributed by atoms with Gasteiger partial charge in [-0.15, -0.1) is 0 Å². The molecule has 0 radical (unpaired) electrons. The van der Waals surface area contributed by atoms with E-state index in [4.69, 9.17) is 9.47 Å². The maximum absolute atomic E-state index is 13.2. The molecule has 3 aliphatic rings. The Morgan fingerprint density at radius 1 is 1.29 bits per heavy atom. The summed E-state index contributed by atoms with van der Waals surface area (Å²) in [6.45, 7) is 6.87. The number of carbonyl (C=O) groups is 1. The van der Waals surface area contributed by atoms with Crippen LogP contribution in [0.1, 0.15) is 24.8 Å². The lowest BCUT2D eigenvalue weighted by Crippen LogP contribution is -2.67. The van der Waals surface area contributed by atoms with Gasteiger partial charge in [-0.3, -0.25) is 14.6 Å². The predicted octanol–water partition coefficient (Wildman–Crippen LogP) is 1.54. The molecule has 0 aromatic heterocycles. The van der Waals surface area contributed by atoms with E-state index in [1.807, 2.05) is 12.1 Å². The Balaban J connectivity index is 1.37. The Labute approximate surface area is 168 Å². The van der Waals surface area contributed by atoms with Crippen molar-refractivity contribution in [1.82, 2.24) is 15.1 Å². The number of benzene rings is 1. The molecule has 0 atom stereocenters. The number of hydrogen-bond acceptors (Lipinski definition) is 5. The lowest BCUT2D eigenvalue weighted by atomic mass is 9.71. The first-order valence-electron chi connectivity index (χ1n) is 10.6. The van der Waals surface area contributed by atoms with Gasteiger partial charge in [-0.05, 0) is 37.0 Å². The standard InChI is InChI=1S/C22H33N3O3/c1-27-20-7-2-4-18(14-20)15-22(16-25(17-22)19-5-3-6-19)21(26)23-8-9-24-10-12-28-13-11-24/h2,4,7,14,19H,3,5-6,8-13,15-17H2,1H3,(H,23,26). The molecule has 1 saturated carbocycles. The summed E-state index contributed by atoms with van der Waals surface area (Å²) in [5, 5.41) is 3.24. The minimum absolute atomic E-state index is 0.208. The van der Waals surface area contributed by atoms with Crippen molar-refractivity contribution in [2.45, 2.75) is 31.7 Å². The summed E-state index contributed by atoms with van der Waals surface area (Å²) in [4.78, 5) is 18.1. The maximum Gasteiger partial charge on any atom is 0.229 e. The fraction of sp³-hybridized carbons (Fsp3) is 0.682. The van der Waals surface area contributed by atoms with Crippen molar-refractivity contribution in [3.63, 3.8) is 0 Å². The molecule has 6 nitrogen and oxygen atoms in total. The normalized spacial score (nSPS) is 22.9. The molecule has 2 saturated heterocycles. The van der Waals surface area contributed by atoms with E-state index in [1.54, 1.807) is 7.11 Å². The summed E-state index contributed by atoms with van der Waals surface area (Å²) >= 11 is 0. The lowest BCUT2D eigenvalue weighted by Gasteiger charge is -2.54. The highest BCUT2D eigenvalue weighted by Gasteiger charge is 2.51. The Kier molecular flexibility index (Phi) is 6.19. The predicted molar refractivity (Wildman–Crippen MR) is 109 cm³/mol. The zero-order valence-corrected chi connectivity index (χ0v) is 17.0. The molecule has 0 bridgehead atoms. The second-order valence-corrected chi connectivity index (χ2v) is 8.51. The number of carbonyl (C=O) groups excluding carboxylic acids is 1. The maximum atomic E-state index is 13.2. The highest BCUT2D eigenvalue weighted by atomic mass is 16.5. The highest BCUT2D eigenvalue weighted by Crippen LogP contribution is 2.40. The quantitative estimate of drug-likeness (QED) is 0.733. The van der Waals surface area contributed by atoms with Crippen LogP contribution in [0.3, 0.4) is 0 Å². The number of rotatable bonds is 8. The third-order valence-electron chi connectivity index (χ3n) is 6.58. The number of amides is 1. The second-order valence-electron chi connectivity index (χ2n) is 8.51. The largest absolute Gasteiger partial charge is 0.497 e. The van der Waals surface area contributed by atoms with Crippen LogP contribution in [-0.4, -0.2) is 81.3 Å². The lowest BCUT2D eigenvalue weighted by molar-refractivity contribution is -0.146. The van der Waals surface area contributed by atoms with E-state index < -0.39 is 0 Å². The Morgan fingerprint density at radius 2 is 2.07 bits per heavy atom. The molecule has 28 heavy (non-hydrogen) atoms. The Morgan fingerprint density at radius 3 is 2.75 bits per heavy atom. The SMILES string of the molecule is COc1cccc(CC2(C(=O)NCCN3CCOCC3)CN(C3CCC3)C2)c1. The van der Waals surface area contributed by atoms with E-state index >= 15 is 0 Å². The van der Waals surface area contributed by atoms with Crippen LogP contribution in [0.25, 0.3) is 0 Å². The van der Waals surface area contributed by atoms with Gasteiger partial charge in [-0.25, -0.2) is 0 Å². The average Bonchev–Trinajstić information content (AvgIpc) is 2.65. The first-order valence-corrected chi connectivity index (χ1v) is 10.6. The van der Waals surface area contributed by atoms with Crippen LogP contribution in [0.4, 0.5) is 0 Å². The molecule has 0 spiro atoms. The summed E-state index contributed by atoms with van der Waals surface area (Å²) in [5.74, 6) is 1.06. The van der Waals surface area contributed by atoms with Crippen molar-refractivity contribution in [1.29, 1.82) is 0 Å². The molecule has 2 aliphatic heterocycles. The second kappa shape index (κ2) is 8.80. The topological polar surface area (TPSA) is 54.0 Å². The molecule has 1 aromatic rings. The van der Waals surface area contributed by atoms with Gasteiger partial charge in [0.25, 0.3) is 0 Å². The fourth-order valence-electron chi connectivity index (χ4n) is 4.59. The monoisotopic (exact) mass is 387 g/mol. The molecule has 6 heteroatoms. The van der Waals surface area contributed by atoms with E-state index in [9.17, 15) is 4.79 Å². The number of nitrogens with zero attached hydrogens (tertiary/aromatic N) is 2. The number of morpholine rings is 1. The van der Waals surface area contributed by atoms with Crippen LogP contribution >= 0.6 is 0 Å². The van der Waals surface area contributed by atoms with Crippen molar-refractivity contribution in [2.75, 3.05) is 59.6 Å². The van der Waals surface area contributed by atoms with Gasteiger partial charge in [0, 0.05) is 45.3 Å². The van der Waals surface area contributed by atoms with Gasteiger partial charge >= 0.3 is 0 Å². The van der Waals surface area contributed by atoms with E-state index in [0.29, 0.717) is 12.6 Å². The van der Waals surface area contributed by atoms with Gasteiger partial charge in [-0.1, -0.05) is 18.6 Å². The minimum atomic E-state index is -0.313. The fourth-order valence-corrected chi connectivity index (χ4v) is 4.59. The third-order valence-corrected chi connectivity index (χ3v) is 6.58. The van der Waals surface area contributed by atoms with Gasteiger partial charge in [0.1, 0.15) is 5.75 Å². The molecular weight excluding hydrogens is 354 g/mol. The molecule has 4 rings (SSSR count). The summed E-state index contributed by atoms with van der Waals surface area (Å²) < 4.78 is 10.8. The average molecular weight is 388 g/mol. The molecule has 0 unspecified atom stereocenters. The summed E-state index contributed by atoms with van der Waals surface area (Å²) in [5.41, 5.74) is 0.864. The van der Waals surface area contributed by atoms with Crippen molar-refractivity contribution in [2.24, 2.45) is 5.41 Å². The van der Waals surface area contributed by atoms with Gasteiger partial charge in [0.2, 0.25) is 5.91 Å². The zero-order valence-electron chi connectivity index (χ0n) is 17.0. The molecule has 3 fully saturated rings. The number of hydrogen-bond donors (Lipinski definition) is 1. The van der Waals surface area contributed by atoms with Crippen LogP contribution in [0, 0.1) is 5.41 Å². The van der Waals surface area contributed by atoms with Crippen LogP contribution in [0.5, 0.6) is 5.75 Å². The molecular formula is C22H33N3O3. The molecule has 1 aromatic carbocycles. The summed E-state index contributed by atoms with van der Waals surface area (Å²) in [7, 11) is 1.69. The molecule has 1 amide bonds. The smallest absolute Gasteiger partial charge is 0.229 e. The van der Waals surface area contributed by atoms with Crippen molar-refractivity contribution >= 4 is 5.91 Å². The minimum Gasteiger partial charge on any atom is -0.497 e. The molecule has 1 N–H and O–H groups in total. The van der Waals surface area contributed by atoms with Gasteiger partial charge in [0.05, 0.1) is 25.7 Å². The van der Waals surface area contributed by atoms with E-state index in [1.165, 1.54) is 24.8 Å². The first kappa shape index (κ1) is 19.7. The van der Waals surface area contributed by atoms with Crippen molar-refractivity contribution in [3.05, 3.63) is 29.8 Å². The van der Waals surface area contributed by atoms with Gasteiger partial charge in [0.15, 0.2) is 0 Å². The number of ether oxygens (including phenoxy) is 2. The summed E-state index contributed by atoms with van der Waals surface area (Å²) in [6.07, 6.45) is 4.67.